The number of nitrogens with two attached hydrogens (primary N) is 1. The molecule has 1 fully saturated rings. The lowest BCUT2D eigenvalue weighted by Crippen LogP contribution is -2.37. The lowest BCUT2D eigenvalue weighted by molar-refractivity contribution is 0.164. The first kappa shape index (κ1) is 13.8. The Morgan fingerprint density at radius 2 is 2.28 bits per heavy atom. The van der Waals surface area contributed by atoms with Gasteiger partial charge in [-0.15, -0.1) is 0 Å². The Bertz CT molecular complexity index is 399. The van der Waals surface area contributed by atoms with Crippen LogP contribution in [0, 0.1) is 5.92 Å². The second-order valence-electron chi connectivity index (χ2n) is 5.13. The lowest BCUT2D eigenvalue weighted by atomic mass is 10.0. The molecule has 0 aliphatic carbocycles. The molecule has 1 aromatic carbocycles. The molecule has 4 heteroatoms. The zero-order chi connectivity index (χ0) is 13.1. The Balaban J connectivity index is 1.98. The highest BCUT2D eigenvalue weighted by atomic mass is 35.5. The Kier molecular flexibility index (Phi) is 4.62. The molecule has 1 heterocycles. The minimum absolute atomic E-state index is 0.166. The Morgan fingerprint density at radius 3 is 2.89 bits per heavy atom. The van der Waals surface area contributed by atoms with E-state index in [9.17, 15) is 0 Å². The minimum Gasteiger partial charge on any atom is -0.379 e. The summed E-state index contributed by atoms with van der Waals surface area (Å²) in [7, 11) is 2.12. The fraction of sp³-hybridized carbons (Fsp3) is 0.571. The van der Waals surface area contributed by atoms with Gasteiger partial charge in [-0.2, -0.15) is 0 Å². The summed E-state index contributed by atoms with van der Waals surface area (Å²) >= 11 is 6.03. The summed E-state index contributed by atoms with van der Waals surface area (Å²) in [5, 5.41) is 0.786. The normalized spacial score (nSPS) is 25.6. The van der Waals surface area contributed by atoms with Crippen LogP contribution in [0.4, 0.5) is 0 Å². The van der Waals surface area contributed by atoms with E-state index in [4.69, 9.17) is 22.1 Å². The predicted octanol–water partition coefficient (Wildman–Crippen LogP) is 2.31. The average molecular weight is 269 g/mol. The summed E-state index contributed by atoms with van der Waals surface area (Å²) in [5.74, 6) is 0.427. The van der Waals surface area contributed by atoms with Crippen molar-refractivity contribution < 1.29 is 4.74 Å². The van der Waals surface area contributed by atoms with E-state index in [0.29, 0.717) is 18.6 Å². The molecule has 1 aromatic rings. The minimum atomic E-state index is 0.166. The van der Waals surface area contributed by atoms with E-state index in [0.717, 1.165) is 18.2 Å². The second-order valence-corrected chi connectivity index (χ2v) is 5.57. The van der Waals surface area contributed by atoms with Crippen LogP contribution in [0.1, 0.15) is 18.5 Å². The highest BCUT2D eigenvalue weighted by Crippen LogP contribution is 2.24. The van der Waals surface area contributed by atoms with Gasteiger partial charge >= 0.3 is 0 Å². The summed E-state index contributed by atoms with van der Waals surface area (Å²) in [5.41, 5.74) is 7.25. The monoisotopic (exact) mass is 268 g/mol. The third-order valence-corrected chi connectivity index (χ3v) is 4.00. The first-order chi connectivity index (χ1) is 8.58. The number of rotatable bonds is 4. The van der Waals surface area contributed by atoms with E-state index in [2.05, 4.69) is 24.9 Å². The van der Waals surface area contributed by atoms with Gasteiger partial charge in [-0.05, 0) is 31.7 Å². The maximum Gasteiger partial charge on any atom is 0.0621 e. The second kappa shape index (κ2) is 6.02. The van der Waals surface area contributed by atoms with Crippen molar-refractivity contribution in [2.45, 2.75) is 19.0 Å². The number of ether oxygens (including phenoxy) is 1. The molecular formula is C14H21ClN2O. The molecule has 1 saturated heterocycles. The van der Waals surface area contributed by atoms with Crippen molar-refractivity contribution in [3.8, 4) is 0 Å². The first-order valence-electron chi connectivity index (χ1n) is 6.37. The van der Waals surface area contributed by atoms with Crippen molar-refractivity contribution in [3.05, 3.63) is 34.9 Å². The highest BCUT2D eigenvalue weighted by molar-refractivity contribution is 6.30. The van der Waals surface area contributed by atoms with Gasteiger partial charge in [0.25, 0.3) is 0 Å². The number of hydrogen-bond acceptors (Lipinski definition) is 3. The molecule has 0 aromatic heterocycles. The molecule has 0 amide bonds. The number of nitrogens with zero attached hydrogens (tertiary/aromatic N) is 1. The van der Waals surface area contributed by atoms with Crippen LogP contribution >= 0.6 is 11.6 Å². The summed E-state index contributed by atoms with van der Waals surface area (Å²) < 4.78 is 5.40. The van der Waals surface area contributed by atoms with Crippen molar-refractivity contribution in [2.24, 2.45) is 11.7 Å². The van der Waals surface area contributed by atoms with E-state index in [1.807, 2.05) is 18.2 Å². The Morgan fingerprint density at radius 1 is 1.50 bits per heavy atom. The molecule has 3 nitrogen and oxygen atoms in total. The van der Waals surface area contributed by atoms with E-state index in [1.165, 1.54) is 5.56 Å². The van der Waals surface area contributed by atoms with E-state index < -0.39 is 0 Å². The van der Waals surface area contributed by atoms with Crippen molar-refractivity contribution in [3.63, 3.8) is 0 Å². The summed E-state index contributed by atoms with van der Waals surface area (Å²) in [6.45, 7) is 4.60. The topological polar surface area (TPSA) is 38.5 Å². The van der Waals surface area contributed by atoms with Gasteiger partial charge < -0.3 is 10.5 Å². The fourth-order valence-electron chi connectivity index (χ4n) is 2.35. The van der Waals surface area contributed by atoms with Crippen LogP contribution in [0.15, 0.2) is 24.3 Å². The van der Waals surface area contributed by atoms with Gasteiger partial charge in [-0.25, -0.2) is 0 Å². The van der Waals surface area contributed by atoms with Crippen molar-refractivity contribution in [1.82, 2.24) is 4.90 Å². The van der Waals surface area contributed by atoms with Gasteiger partial charge in [-0.3, -0.25) is 4.90 Å². The van der Waals surface area contributed by atoms with Crippen LogP contribution < -0.4 is 5.73 Å². The van der Waals surface area contributed by atoms with Crippen LogP contribution in [0.2, 0.25) is 5.02 Å². The molecular weight excluding hydrogens is 248 g/mol. The number of hydrogen-bond donors (Lipinski definition) is 1. The Hall–Kier alpha value is -0.610. The first-order valence-corrected chi connectivity index (χ1v) is 6.74. The zero-order valence-corrected chi connectivity index (χ0v) is 11.7. The van der Waals surface area contributed by atoms with Crippen molar-refractivity contribution in [2.75, 3.05) is 26.8 Å². The van der Waals surface area contributed by atoms with Crippen molar-refractivity contribution >= 4 is 11.6 Å². The molecule has 0 saturated carbocycles. The maximum atomic E-state index is 6.03. The molecule has 0 radical (unpaired) electrons. The lowest BCUT2D eigenvalue weighted by Gasteiger charge is -2.28. The number of halogens is 1. The van der Waals surface area contributed by atoms with Crippen LogP contribution in [0.3, 0.4) is 0 Å². The van der Waals surface area contributed by atoms with E-state index >= 15 is 0 Å². The van der Waals surface area contributed by atoms with Gasteiger partial charge in [-0.1, -0.05) is 23.7 Å². The molecule has 0 spiro atoms. The zero-order valence-electron chi connectivity index (χ0n) is 11.0. The third kappa shape index (κ3) is 3.23. The van der Waals surface area contributed by atoms with Crippen LogP contribution in [-0.4, -0.2) is 37.7 Å². The molecule has 0 bridgehead atoms. The van der Waals surface area contributed by atoms with Gasteiger partial charge in [0.05, 0.1) is 13.2 Å². The smallest absolute Gasteiger partial charge is 0.0621 e. The number of benzene rings is 1. The maximum absolute atomic E-state index is 6.03. The molecule has 1 aliphatic rings. The molecule has 18 heavy (non-hydrogen) atoms. The molecule has 100 valence electrons. The van der Waals surface area contributed by atoms with Crippen LogP contribution in [0.5, 0.6) is 0 Å². The molecule has 3 atom stereocenters. The molecule has 2 rings (SSSR count). The quantitative estimate of drug-likeness (QED) is 0.911. The van der Waals surface area contributed by atoms with Gasteiger partial charge in [0.15, 0.2) is 0 Å². The SMILES string of the molecule is CC(c1cccc(Cl)c1)N(C)CC1COCC1N. The molecule has 2 N–H and O–H groups in total. The van der Waals surface area contributed by atoms with Crippen LogP contribution in [-0.2, 0) is 4.74 Å². The van der Waals surface area contributed by atoms with E-state index in [-0.39, 0.29) is 6.04 Å². The average Bonchev–Trinajstić information content (AvgIpc) is 2.74. The molecule has 3 unspecified atom stereocenters. The predicted molar refractivity (Wildman–Crippen MR) is 74.8 cm³/mol. The summed E-state index contributed by atoms with van der Waals surface area (Å²) in [6.07, 6.45) is 0. The van der Waals surface area contributed by atoms with Gasteiger partial charge in [0, 0.05) is 29.6 Å². The molecule has 1 aliphatic heterocycles. The fourth-order valence-corrected chi connectivity index (χ4v) is 2.55. The van der Waals surface area contributed by atoms with Crippen LogP contribution in [0.25, 0.3) is 0 Å². The highest BCUT2D eigenvalue weighted by Gasteiger charge is 2.27. The standard InChI is InChI=1S/C14H21ClN2O/c1-10(11-4-3-5-13(15)6-11)17(2)7-12-8-18-9-14(12)16/h3-6,10,12,14H,7-9,16H2,1-2H3. The summed E-state index contributed by atoms with van der Waals surface area (Å²) in [6, 6.07) is 8.52. The largest absolute Gasteiger partial charge is 0.379 e. The van der Waals surface area contributed by atoms with Gasteiger partial charge in [0.2, 0.25) is 0 Å². The van der Waals surface area contributed by atoms with E-state index in [1.54, 1.807) is 0 Å². The van der Waals surface area contributed by atoms with Gasteiger partial charge in [0.1, 0.15) is 0 Å². The summed E-state index contributed by atoms with van der Waals surface area (Å²) in [4.78, 5) is 2.31. The van der Waals surface area contributed by atoms with Crippen molar-refractivity contribution in [1.29, 1.82) is 0 Å². The Labute approximate surface area is 114 Å². The third-order valence-electron chi connectivity index (χ3n) is 3.76.